The summed E-state index contributed by atoms with van der Waals surface area (Å²) in [5, 5.41) is 8.05. The van der Waals surface area contributed by atoms with Gasteiger partial charge in [0.1, 0.15) is 0 Å². The van der Waals surface area contributed by atoms with Gasteiger partial charge >= 0.3 is 0 Å². The zero-order chi connectivity index (χ0) is 21.5. The number of hydrogen-bond donors (Lipinski definition) is 3. The Morgan fingerprint density at radius 2 is 1.29 bits per heavy atom. The lowest BCUT2D eigenvalue weighted by atomic mass is 10.1. The van der Waals surface area contributed by atoms with E-state index in [2.05, 4.69) is 19.1 Å². The summed E-state index contributed by atoms with van der Waals surface area (Å²) >= 11 is 0. The van der Waals surface area contributed by atoms with E-state index in [0.717, 1.165) is 12.8 Å². The molecule has 0 unspecified atom stereocenters. The van der Waals surface area contributed by atoms with Crippen LogP contribution in [0.5, 0.6) is 0 Å². The highest BCUT2D eigenvalue weighted by Crippen LogP contribution is 2.09. The van der Waals surface area contributed by atoms with E-state index in [1.165, 1.54) is 70.6 Å². The second kappa shape index (κ2) is 22.4. The fourth-order valence-corrected chi connectivity index (χ4v) is 3.11. The molecule has 0 aromatic heterocycles. The Labute approximate surface area is 172 Å². The molecule has 4 N–H and O–H groups in total. The molecule has 7 heteroatoms. The van der Waals surface area contributed by atoms with Gasteiger partial charge in [-0.1, -0.05) is 70.4 Å². The van der Waals surface area contributed by atoms with Gasteiger partial charge in [-0.2, -0.15) is 8.42 Å². The maximum atomic E-state index is 10.5. The molecule has 28 heavy (non-hydrogen) atoms. The third-order valence-corrected chi connectivity index (χ3v) is 5.05. The maximum Gasteiger partial charge on any atom is 0.264 e. The van der Waals surface area contributed by atoms with Crippen LogP contribution in [0, 0.1) is 0 Å². The zero-order valence-electron chi connectivity index (χ0n) is 17.8. The van der Waals surface area contributed by atoms with E-state index in [4.69, 9.17) is 15.4 Å². The maximum absolute atomic E-state index is 10.5. The average Bonchev–Trinajstić information content (AvgIpc) is 2.63. The highest BCUT2D eigenvalue weighted by Gasteiger charge is 2.00. The number of unbranched alkanes of at least 4 members (excludes halogenated alkanes) is 11. The van der Waals surface area contributed by atoms with E-state index >= 15 is 0 Å². The van der Waals surface area contributed by atoms with E-state index in [-0.39, 0.29) is 24.7 Å². The molecule has 1 amide bonds. The quantitative estimate of drug-likeness (QED) is 0.167. The van der Waals surface area contributed by atoms with Gasteiger partial charge in [0, 0.05) is 13.0 Å². The lowest BCUT2D eigenvalue weighted by Crippen LogP contribution is -2.09. The van der Waals surface area contributed by atoms with E-state index in [1.54, 1.807) is 0 Å². The van der Waals surface area contributed by atoms with Crippen molar-refractivity contribution < 1.29 is 22.9 Å². The summed E-state index contributed by atoms with van der Waals surface area (Å²) in [4.78, 5) is 10.5. The zero-order valence-corrected chi connectivity index (χ0v) is 18.6. The van der Waals surface area contributed by atoms with E-state index in [9.17, 15) is 13.2 Å². The van der Waals surface area contributed by atoms with Crippen LogP contribution >= 0.6 is 0 Å². The number of aliphatic hydroxyl groups is 1. The van der Waals surface area contributed by atoms with Crippen molar-refractivity contribution in [1.29, 1.82) is 0 Å². The molecule has 0 aliphatic rings. The van der Waals surface area contributed by atoms with Gasteiger partial charge in [0.15, 0.2) is 0 Å². The molecule has 0 saturated heterocycles. The predicted octanol–water partition coefficient (Wildman–Crippen LogP) is 4.77. The Bertz CT molecular complexity index is 463. The molecule has 0 saturated carbocycles. The Morgan fingerprint density at radius 1 is 0.821 bits per heavy atom. The molecule has 168 valence electrons. The minimum absolute atomic E-state index is 0.0961. The van der Waals surface area contributed by atoms with Gasteiger partial charge in [-0.05, 0) is 38.5 Å². The van der Waals surface area contributed by atoms with Crippen molar-refractivity contribution in [2.75, 3.05) is 12.4 Å². The molecule has 0 spiro atoms. The third-order valence-electron chi connectivity index (χ3n) is 4.25. The largest absolute Gasteiger partial charge is 0.396 e. The van der Waals surface area contributed by atoms with Gasteiger partial charge in [0.25, 0.3) is 10.1 Å². The van der Waals surface area contributed by atoms with Crippen LogP contribution in [-0.2, 0) is 14.9 Å². The molecule has 0 heterocycles. The molecule has 6 nitrogen and oxygen atoms in total. The molecule has 0 aromatic carbocycles. The molecule has 0 aromatic rings. The minimum atomic E-state index is -3.85. The molecule has 0 radical (unpaired) electrons. The topological polar surface area (TPSA) is 118 Å². The second-order valence-electron chi connectivity index (χ2n) is 7.16. The van der Waals surface area contributed by atoms with Crippen LogP contribution in [0.1, 0.15) is 103 Å². The fourth-order valence-electron chi connectivity index (χ4n) is 2.62. The Kier molecular flexibility index (Phi) is 23.4. The first-order valence-corrected chi connectivity index (χ1v) is 12.4. The first kappa shape index (κ1) is 29.3. The molecule has 0 bridgehead atoms. The summed E-state index contributed by atoms with van der Waals surface area (Å²) < 4.78 is 27.7. The van der Waals surface area contributed by atoms with E-state index < -0.39 is 10.1 Å². The normalized spacial score (nSPS) is 11.4. The van der Waals surface area contributed by atoms with Crippen LogP contribution in [0.25, 0.3) is 0 Å². The SMILES string of the molecule is CCCCCCCC/C=C\CCCCCCCC(N)=O.O=S(=O)(O)CCCO. The van der Waals surface area contributed by atoms with Crippen molar-refractivity contribution in [2.24, 2.45) is 5.73 Å². The van der Waals surface area contributed by atoms with Crippen LogP contribution in [0.4, 0.5) is 0 Å². The van der Waals surface area contributed by atoms with Gasteiger partial charge in [-0.3, -0.25) is 9.35 Å². The van der Waals surface area contributed by atoms with Crippen LogP contribution in [0.2, 0.25) is 0 Å². The predicted molar refractivity (Wildman–Crippen MR) is 117 cm³/mol. The van der Waals surface area contributed by atoms with Gasteiger partial charge in [0.05, 0.1) is 5.75 Å². The fraction of sp³-hybridized carbons (Fsp3) is 0.857. The number of primary amides is 1. The monoisotopic (exact) mass is 421 g/mol. The summed E-state index contributed by atoms with van der Waals surface area (Å²) in [5.74, 6) is -0.522. The van der Waals surface area contributed by atoms with E-state index in [1.807, 2.05) is 0 Å². The molecule has 0 fully saturated rings. The number of carbonyl (C=O) groups excluding carboxylic acids is 1. The third kappa shape index (κ3) is 32.7. The summed E-state index contributed by atoms with van der Waals surface area (Å²) in [6.45, 7) is 2.06. The van der Waals surface area contributed by atoms with Crippen LogP contribution < -0.4 is 5.73 Å². The number of aliphatic hydroxyl groups excluding tert-OH is 1. The van der Waals surface area contributed by atoms with Crippen molar-refractivity contribution in [3.63, 3.8) is 0 Å². The molecule has 0 rings (SSSR count). The first-order chi connectivity index (χ1) is 13.3. The van der Waals surface area contributed by atoms with Crippen molar-refractivity contribution in [1.82, 2.24) is 0 Å². The van der Waals surface area contributed by atoms with Crippen molar-refractivity contribution in [3.8, 4) is 0 Å². The number of allylic oxidation sites excluding steroid dienone is 2. The van der Waals surface area contributed by atoms with Gasteiger partial charge in [-0.15, -0.1) is 0 Å². The molecular formula is C21H43NO5S. The Morgan fingerprint density at radius 3 is 1.68 bits per heavy atom. The van der Waals surface area contributed by atoms with Crippen molar-refractivity contribution >= 4 is 16.0 Å². The molecule has 0 aliphatic heterocycles. The lowest BCUT2D eigenvalue weighted by Gasteiger charge is -1.99. The highest BCUT2D eigenvalue weighted by molar-refractivity contribution is 7.85. The van der Waals surface area contributed by atoms with Crippen LogP contribution in [0.15, 0.2) is 12.2 Å². The molecule has 0 atom stereocenters. The minimum Gasteiger partial charge on any atom is -0.396 e. The number of amides is 1. The summed E-state index contributed by atoms with van der Waals surface area (Å²) in [5.41, 5.74) is 5.10. The Balaban J connectivity index is 0. The number of rotatable bonds is 18. The number of nitrogens with two attached hydrogens (primary N) is 1. The van der Waals surface area contributed by atoms with Gasteiger partial charge in [-0.25, -0.2) is 0 Å². The van der Waals surface area contributed by atoms with Crippen molar-refractivity contribution in [2.45, 2.75) is 103 Å². The van der Waals surface area contributed by atoms with Gasteiger partial charge in [0.2, 0.25) is 5.91 Å². The Hall–Kier alpha value is -0.920. The smallest absolute Gasteiger partial charge is 0.264 e. The van der Waals surface area contributed by atoms with Crippen LogP contribution in [0.3, 0.4) is 0 Å². The first-order valence-electron chi connectivity index (χ1n) is 10.8. The van der Waals surface area contributed by atoms with E-state index in [0.29, 0.717) is 6.42 Å². The summed E-state index contributed by atoms with van der Waals surface area (Å²) in [7, 11) is -3.85. The molecular weight excluding hydrogens is 378 g/mol. The summed E-state index contributed by atoms with van der Waals surface area (Å²) in [6.07, 6.45) is 22.0. The summed E-state index contributed by atoms with van der Waals surface area (Å²) in [6, 6.07) is 0. The average molecular weight is 422 g/mol. The number of hydrogen-bond acceptors (Lipinski definition) is 4. The standard InChI is InChI=1S/C18H35NO.C3H8O4S/c1-2-3-4-5-6-7-8-9-10-11-12-13-14-15-16-17-18(19)20;4-2-1-3-8(5,6)7/h9-10H,2-8,11-17H2,1H3,(H2,19,20);4H,1-3H2,(H,5,6,7)/b10-9-;. The second-order valence-corrected chi connectivity index (χ2v) is 8.74. The number of carbonyl (C=O) groups is 1. The van der Waals surface area contributed by atoms with Crippen molar-refractivity contribution in [3.05, 3.63) is 12.2 Å². The lowest BCUT2D eigenvalue weighted by molar-refractivity contribution is -0.118. The molecule has 0 aliphatic carbocycles. The van der Waals surface area contributed by atoms with Crippen LogP contribution in [-0.4, -0.2) is 36.3 Å². The van der Waals surface area contributed by atoms with Gasteiger partial charge < -0.3 is 10.8 Å². The highest BCUT2D eigenvalue weighted by atomic mass is 32.2.